The number of ether oxygens (including phenoxy) is 2. The maximum Gasteiger partial charge on any atom is 0.186 e. The number of fused-ring (bicyclic) bond motifs is 1. The van der Waals surface area contributed by atoms with Crippen molar-refractivity contribution in [2.75, 3.05) is 13.2 Å². The van der Waals surface area contributed by atoms with Crippen molar-refractivity contribution in [1.29, 1.82) is 0 Å². The lowest BCUT2D eigenvalue weighted by molar-refractivity contribution is -0.266. The zero-order valence-corrected chi connectivity index (χ0v) is 19.3. The molecule has 5 nitrogen and oxygen atoms in total. The third-order valence-corrected chi connectivity index (χ3v) is 8.29. The van der Waals surface area contributed by atoms with Crippen LogP contribution >= 0.6 is 0 Å². The zero-order valence-electron chi connectivity index (χ0n) is 19.3. The van der Waals surface area contributed by atoms with Gasteiger partial charge in [0.2, 0.25) is 0 Å². The van der Waals surface area contributed by atoms with Gasteiger partial charge in [-0.2, -0.15) is 0 Å². The molecule has 3 aliphatic rings. The summed E-state index contributed by atoms with van der Waals surface area (Å²) < 4.78 is 10.9. The number of allylic oxidation sites excluding steroid dienone is 2. The number of hydrogen-bond donors (Lipinski definition) is 3. The van der Waals surface area contributed by atoms with Crippen molar-refractivity contribution in [1.82, 2.24) is 0 Å². The van der Waals surface area contributed by atoms with Gasteiger partial charge in [-0.15, -0.1) is 0 Å². The van der Waals surface area contributed by atoms with Gasteiger partial charge in [0.05, 0.1) is 13.2 Å². The molecule has 1 saturated heterocycles. The van der Waals surface area contributed by atoms with Crippen LogP contribution in [-0.2, 0) is 9.47 Å². The summed E-state index contributed by atoms with van der Waals surface area (Å²) in [4.78, 5) is 0. The molecule has 3 rings (SSSR count). The Morgan fingerprint density at radius 1 is 1.20 bits per heavy atom. The first-order chi connectivity index (χ1) is 14.1. The highest BCUT2D eigenvalue weighted by Crippen LogP contribution is 2.61. The first kappa shape index (κ1) is 23.9. The van der Waals surface area contributed by atoms with E-state index in [4.69, 9.17) is 9.47 Å². The van der Waals surface area contributed by atoms with Crippen molar-refractivity contribution in [3.63, 3.8) is 0 Å². The SMILES string of the molecule is C=C1CC[C@H]2C(C)(C)CCC[C@]2(C)[C@H]1CC/C(C)=C/CO[C@@H]1OC[C@@H](O)[C@H](O)[C@H]1O. The molecule has 0 aromatic heterocycles. The summed E-state index contributed by atoms with van der Waals surface area (Å²) in [7, 11) is 0. The Hall–Kier alpha value is -0.720. The molecule has 1 aliphatic heterocycles. The van der Waals surface area contributed by atoms with Crippen LogP contribution in [0.1, 0.15) is 72.6 Å². The Bertz CT molecular complexity index is 641. The van der Waals surface area contributed by atoms with Gasteiger partial charge in [0.15, 0.2) is 6.29 Å². The summed E-state index contributed by atoms with van der Waals surface area (Å²) in [6, 6.07) is 0. The maximum atomic E-state index is 9.97. The van der Waals surface area contributed by atoms with E-state index >= 15 is 0 Å². The van der Waals surface area contributed by atoms with Gasteiger partial charge in [-0.1, -0.05) is 51.0 Å². The summed E-state index contributed by atoms with van der Waals surface area (Å²) >= 11 is 0. The van der Waals surface area contributed by atoms with Crippen molar-refractivity contribution in [3.05, 3.63) is 23.8 Å². The molecule has 7 atom stereocenters. The molecule has 0 bridgehead atoms. The highest BCUT2D eigenvalue weighted by Gasteiger charge is 2.52. The van der Waals surface area contributed by atoms with Crippen molar-refractivity contribution in [3.8, 4) is 0 Å². The van der Waals surface area contributed by atoms with Crippen LogP contribution in [0.4, 0.5) is 0 Å². The fraction of sp³-hybridized carbons (Fsp3) is 0.840. The van der Waals surface area contributed by atoms with Crippen LogP contribution in [-0.4, -0.2) is 53.1 Å². The van der Waals surface area contributed by atoms with E-state index in [1.807, 2.05) is 6.08 Å². The van der Waals surface area contributed by atoms with Crippen LogP contribution < -0.4 is 0 Å². The van der Waals surface area contributed by atoms with E-state index in [-0.39, 0.29) is 6.61 Å². The van der Waals surface area contributed by atoms with Gasteiger partial charge in [0, 0.05) is 0 Å². The lowest BCUT2D eigenvalue weighted by Gasteiger charge is -2.58. The first-order valence-corrected chi connectivity index (χ1v) is 11.7. The van der Waals surface area contributed by atoms with E-state index in [0.29, 0.717) is 23.4 Å². The lowest BCUT2D eigenvalue weighted by atomic mass is 9.47. The average Bonchev–Trinajstić information content (AvgIpc) is 2.66. The summed E-state index contributed by atoms with van der Waals surface area (Å²) in [5.74, 6) is 1.34. The molecule has 0 aromatic rings. The predicted molar refractivity (Wildman–Crippen MR) is 118 cm³/mol. The van der Waals surface area contributed by atoms with E-state index in [2.05, 4.69) is 34.3 Å². The van der Waals surface area contributed by atoms with E-state index in [0.717, 1.165) is 25.2 Å². The largest absolute Gasteiger partial charge is 0.388 e. The summed E-state index contributed by atoms with van der Waals surface area (Å²) in [5, 5.41) is 29.2. The molecule has 0 amide bonds. The minimum absolute atomic E-state index is 0.0362. The van der Waals surface area contributed by atoms with Crippen molar-refractivity contribution < 1.29 is 24.8 Å². The summed E-state index contributed by atoms with van der Waals surface area (Å²) in [5.41, 5.74) is 3.46. The monoisotopic (exact) mass is 422 g/mol. The average molecular weight is 423 g/mol. The van der Waals surface area contributed by atoms with Gasteiger partial charge < -0.3 is 24.8 Å². The Kier molecular flexibility index (Phi) is 7.51. The van der Waals surface area contributed by atoms with Gasteiger partial charge in [-0.25, -0.2) is 0 Å². The second-order valence-corrected chi connectivity index (χ2v) is 10.8. The number of aliphatic hydroxyl groups is 3. The molecule has 3 fully saturated rings. The van der Waals surface area contributed by atoms with Gasteiger partial charge in [0.1, 0.15) is 18.3 Å². The lowest BCUT2D eigenvalue weighted by Crippen LogP contribution is -2.53. The second kappa shape index (κ2) is 9.41. The van der Waals surface area contributed by atoms with Crippen molar-refractivity contribution in [2.24, 2.45) is 22.7 Å². The highest BCUT2D eigenvalue weighted by molar-refractivity contribution is 5.16. The molecule has 1 heterocycles. The highest BCUT2D eigenvalue weighted by atomic mass is 16.7. The third-order valence-electron chi connectivity index (χ3n) is 8.29. The number of aliphatic hydroxyl groups excluding tert-OH is 3. The Labute approximate surface area is 182 Å². The minimum atomic E-state index is -1.24. The smallest absolute Gasteiger partial charge is 0.186 e. The van der Waals surface area contributed by atoms with Gasteiger partial charge in [0.25, 0.3) is 0 Å². The van der Waals surface area contributed by atoms with Gasteiger partial charge in [-0.3, -0.25) is 0 Å². The fourth-order valence-electron chi connectivity index (χ4n) is 6.49. The molecule has 3 N–H and O–H groups in total. The quantitative estimate of drug-likeness (QED) is 0.565. The van der Waals surface area contributed by atoms with E-state index in [9.17, 15) is 15.3 Å². The number of rotatable bonds is 6. The first-order valence-electron chi connectivity index (χ1n) is 11.7. The summed E-state index contributed by atoms with van der Waals surface area (Å²) in [6.07, 6.45) is 6.11. The molecule has 172 valence electrons. The molecular weight excluding hydrogens is 380 g/mol. The minimum Gasteiger partial charge on any atom is -0.388 e. The molecule has 2 aliphatic carbocycles. The van der Waals surface area contributed by atoms with E-state index in [1.165, 1.54) is 36.8 Å². The fourth-order valence-corrected chi connectivity index (χ4v) is 6.49. The molecular formula is C25H42O5. The third kappa shape index (κ3) is 4.86. The maximum absolute atomic E-state index is 9.97. The topological polar surface area (TPSA) is 79.2 Å². The Balaban J connectivity index is 1.54. The molecule has 0 unspecified atom stereocenters. The predicted octanol–water partition coefficient (Wildman–Crippen LogP) is 3.97. The van der Waals surface area contributed by atoms with Crippen molar-refractivity contribution >= 4 is 0 Å². The van der Waals surface area contributed by atoms with Crippen LogP contribution in [0.15, 0.2) is 23.8 Å². The molecule has 30 heavy (non-hydrogen) atoms. The Morgan fingerprint density at radius 2 is 1.93 bits per heavy atom. The second-order valence-electron chi connectivity index (χ2n) is 10.8. The van der Waals surface area contributed by atoms with Gasteiger partial charge in [-0.05, 0) is 68.1 Å². The molecule has 0 aromatic carbocycles. The van der Waals surface area contributed by atoms with Crippen LogP contribution in [0.3, 0.4) is 0 Å². The molecule has 0 radical (unpaired) electrons. The summed E-state index contributed by atoms with van der Waals surface area (Å²) in [6.45, 7) is 14.3. The van der Waals surface area contributed by atoms with E-state index in [1.54, 1.807) is 0 Å². The van der Waals surface area contributed by atoms with Crippen molar-refractivity contribution in [2.45, 2.75) is 97.2 Å². The normalized spacial score (nSPS) is 42.1. The molecule has 0 spiro atoms. The zero-order chi connectivity index (χ0) is 22.1. The molecule has 5 heteroatoms. The Morgan fingerprint density at radius 3 is 2.67 bits per heavy atom. The molecule has 2 saturated carbocycles. The standard InChI is InChI=1S/C25H42O5/c1-16(11-14-29-23-22(28)21(27)19(26)15-30-23)7-9-18-17(2)8-10-20-24(3,4)12-6-13-25(18,20)5/h11,18-23,26-28H,2,6-10,12-15H2,1,3-5H3/b16-11+/t18-,19+,20-,21-,22+,23+,25+/m0/s1. The van der Waals surface area contributed by atoms with Crippen LogP contribution in [0, 0.1) is 22.7 Å². The van der Waals surface area contributed by atoms with E-state index < -0.39 is 24.6 Å². The van der Waals surface area contributed by atoms with Crippen LogP contribution in [0.5, 0.6) is 0 Å². The van der Waals surface area contributed by atoms with Gasteiger partial charge >= 0.3 is 0 Å². The number of hydrogen-bond acceptors (Lipinski definition) is 5. The van der Waals surface area contributed by atoms with Crippen LogP contribution in [0.25, 0.3) is 0 Å². The van der Waals surface area contributed by atoms with Crippen LogP contribution in [0.2, 0.25) is 0 Å².